The monoisotopic (exact) mass is 205 g/mol. The van der Waals surface area contributed by atoms with Crippen molar-refractivity contribution in [2.75, 3.05) is 6.61 Å². The number of aryl methyl sites for hydroxylation is 1. The summed E-state index contributed by atoms with van der Waals surface area (Å²) in [6.07, 6.45) is 5.64. The maximum absolute atomic E-state index is 11.0. The minimum absolute atomic E-state index is 0.206. The second-order valence-corrected chi connectivity index (χ2v) is 3.12. The fourth-order valence-electron chi connectivity index (χ4n) is 1.16. The summed E-state index contributed by atoms with van der Waals surface area (Å²) >= 11 is 0. The molecule has 0 aliphatic heterocycles. The molecule has 0 radical (unpaired) electrons. The van der Waals surface area contributed by atoms with Crippen molar-refractivity contribution >= 4 is 12.0 Å². The molecule has 1 aromatic heterocycles. The Morgan fingerprint density at radius 3 is 3.07 bits per heavy atom. The van der Waals surface area contributed by atoms with Crippen LogP contribution in [0.3, 0.4) is 0 Å². The van der Waals surface area contributed by atoms with Crippen molar-refractivity contribution in [3.8, 4) is 0 Å². The molecule has 1 aromatic rings. The Hall–Kier alpha value is -1.64. The third-order valence-corrected chi connectivity index (χ3v) is 1.92. The average Bonchev–Trinajstić information content (AvgIpc) is 2.21. The molecular weight excluding hydrogens is 190 g/mol. The van der Waals surface area contributed by atoms with Gasteiger partial charge in [-0.15, -0.1) is 0 Å². The van der Waals surface area contributed by atoms with Gasteiger partial charge in [0.2, 0.25) is 0 Å². The predicted octanol–water partition coefficient (Wildman–Crippen LogP) is 2.36. The molecule has 0 bridgehead atoms. The molecule has 1 rings (SSSR count). The van der Waals surface area contributed by atoms with Crippen LogP contribution >= 0.6 is 0 Å². The topological polar surface area (TPSA) is 39.2 Å². The predicted molar refractivity (Wildman–Crippen MR) is 59.3 cm³/mol. The summed E-state index contributed by atoms with van der Waals surface area (Å²) < 4.78 is 4.80. The summed E-state index contributed by atoms with van der Waals surface area (Å²) in [6.45, 7) is 4.21. The molecule has 0 fully saturated rings. The van der Waals surface area contributed by atoms with E-state index in [4.69, 9.17) is 4.74 Å². The van der Waals surface area contributed by atoms with Gasteiger partial charge in [0.25, 0.3) is 0 Å². The molecule has 0 aromatic carbocycles. The van der Waals surface area contributed by atoms with Crippen molar-refractivity contribution in [3.63, 3.8) is 0 Å². The molecule has 0 saturated carbocycles. The van der Waals surface area contributed by atoms with Gasteiger partial charge in [0, 0.05) is 6.20 Å². The van der Waals surface area contributed by atoms with Crippen molar-refractivity contribution in [1.82, 2.24) is 4.98 Å². The van der Waals surface area contributed by atoms with Crippen LogP contribution < -0.4 is 0 Å². The smallest absolute Gasteiger partial charge is 0.309 e. The van der Waals surface area contributed by atoms with Crippen LogP contribution in [0.2, 0.25) is 0 Å². The first-order chi connectivity index (χ1) is 7.24. The van der Waals surface area contributed by atoms with Crippen LogP contribution in [0.25, 0.3) is 6.08 Å². The fraction of sp³-hybridized carbons (Fsp3) is 0.333. The van der Waals surface area contributed by atoms with E-state index in [-0.39, 0.29) is 5.97 Å². The molecule has 0 amide bonds. The Bertz CT molecular complexity index is 358. The van der Waals surface area contributed by atoms with Crippen LogP contribution in [-0.2, 0) is 9.53 Å². The Morgan fingerprint density at radius 2 is 2.40 bits per heavy atom. The van der Waals surface area contributed by atoms with Crippen LogP contribution in [0.4, 0.5) is 0 Å². The highest BCUT2D eigenvalue weighted by Gasteiger charge is 1.97. The van der Waals surface area contributed by atoms with Gasteiger partial charge in [-0.05, 0) is 31.6 Å². The summed E-state index contributed by atoms with van der Waals surface area (Å²) in [5.74, 6) is -0.206. The van der Waals surface area contributed by atoms with Gasteiger partial charge in [-0.1, -0.05) is 12.1 Å². The van der Waals surface area contributed by atoms with E-state index in [2.05, 4.69) is 4.98 Å². The molecule has 0 unspecified atom stereocenters. The van der Waals surface area contributed by atoms with Gasteiger partial charge in [-0.25, -0.2) is 0 Å². The molecule has 0 atom stereocenters. The summed E-state index contributed by atoms with van der Waals surface area (Å²) in [5.41, 5.74) is 1.99. The van der Waals surface area contributed by atoms with E-state index in [0.29, 0.717) is 13.0 Å². The Labute approximate surface area is 89.8 Å². The van der Waals surface area contributed by atoms with E-state index in [1.807, 2.05) is 25.1 Å². The highest BCUT2D eigenvalue weighted by molar-refractivity contribution is 5.72. The lowest BCUT2D eigenvalue weighted by atomic mass is 10.2. The van der Waals surface area contributed by atoms with Crippen LogP contribution in [0.1, 0.15) is 24.6 Å². The van der Waals surface area contributed by atoms with E-state index in [9.17, 15) is 4.79 Å². The van der Waals surface area contributed by atoms with E-state index < -0.39 is 0 Å². The van der Waals surface area contributed by atoms with E-state index in [1.165, 1.54) is 0 Å². The first-order valence-electron chi connectivity index (χ1n) is 4.97. The molecule has 0 saturated heterocycles. The number of ether oxygens (including phenoxy) is 1. The number of rotatable bonds is 4. The second kappa shape index (κ2) is 5.96. The summed E-state index contributed by atoms with van der Waals surface area (Å²) in [5, 5.41) is 0. The van der Waals surface area contributed by atoms with Gasteiger partial charge in [-0.3, -0.25) is 9.78 Å². The van der Waals surface area contributed by atoms with Crippen LogP contribution in [-0.4, -0.2) is 17.6 Å². The molecule has 80 valence electrons. The van der Waals surface area contributed by atoms with E-state index in [0.717, 1.165) is 11.3 Å². The quantitative estimate of drug-likeness (QED) is 0.708. The maximum Gasteiger partial charge on any atom is 0.309 e. The lowest BCUT2D eigenvalue weighted by Gasteiger charge is -1.98. The molecule has 0 aliphatic carbocycles. The first-order valence-corrected chi connectivity index (χ1v) is 4.97. The summed E-state index contributed by atoms with van der Waals surface area (Å²) in [6, 6.07) is 3.87. The third kappa shape index (κ3) is 3.94. The number of esters is 1. The standard InChI is InChI=1S/C12H15NO2/c1-3-15-12(14)8-4-7-11-10(2)6-5-9-13-11/h4-7,9H,3,8H2,1-2H3. The second-order valence-electron chi connectivity index (χ2n) is 3.12. The van der Waals surface area contributed by atoms with Gasteiger partial charge < -0.3 is 4.74 Å². The largest absolute Gasteiger partial charge is 0.466 e. The fourth-order valence-corrected chi connectivity index (χ4v) is 1.16. The minimum Gasteiger partial charge on any atom is -0.466 e. The van der Waals surface area contributed by atoms with Gasteiger partial charge in [-0.2, -0.15) is 0 Å². The number of hydrogen-bond donors (Lipinski definition) is 0. The highest BCUT2D eigenvalue weighted by Crippen LogP contribution is 2.05. The average molecular weight is 205 g/mol. The van der Waals surface area contributed by atoms with Gasteiger partial charge >= 0.3 is 5.97 Å². The third-order valence-electron chi connectivity index (χ3n) is 1.92. The zero-order chi connectivity index (χ0) is 11.1. The number of aromatic nitrogens is 1. The van der Waals surface area contributed by atoms with Crippen molar-refractivity contribution in [3.05, 3.63) is 35.7 Å². The Kier molecular flexibility index (Phi) is 4.54. The SMILES string of the molecule is CCOC(=O)CC=Cc1ncccc1C. The van der Waals surface area contributed by atoms with Gasteiger partial charge in [0.15, 0.2) is 0 Å². The van der Waals surface area contributed by atoms with Gasteiger partial charge in [0.1, 0.15) is 0 Å². The van der Waals surface area contributed by atoms with Crippen molar-refractivity contribution in [2.24, 2.45) is 0 Å². The molecule has 0 spiro atoms. The van der Waals surface area contributed by atoms with Crippen LogP contribution in [0.5, 0.6) is 0 Å². The number of pyridine rings is 1. The lowest BCUT2D eigenvalue weighted by Crippen LogP contribution is -2.01. The molecule has 15 heavy (non-hydrogen) atoms. The molecule has 3 heteroatoms. The Morgan fingerprint density at radius 1 is 1.60 bits per heavy atom. The van der Waals surface area contributed by atoms with Gasteiger partial charge in [0.05, 0.1) is 18.7 Å². The first kappa shape index (κ1) is 11.4. The molecular formula is C12H15NO2. The number of nitrogens with zero attached hydrogens (tertiary/aromatic N) is 1. The number of hydrogen-bond acceptors (Lipinski definition) is 3. The van der Waals surface area contributed by atoms with E-state index in [1.54, 1.807) is 19.2 Å². The molecule has 3 nitrogen and oxygen atoms in total. The van der Waals surface area contributed by atoms with Crippen LogP contribution in [0, 0.1) is 6.92 Å². The zero-order valence-corrected chi connectivity index (χ0v) is 9.06. The molecule has 1 heterocycles. The molecule has 0 aliphatic rings. The highest BCUT2D eigenvalue weighted by atomic mass is 16.5. The number of carbonyl (C=O) groups is 1. The molecule has 0 N–H and O–H groups in total. The summed E-state index contributed by atoms with van der Waals surface area (Å²) in [7, 11) is 0. The maximum atomic E-state index is 11.0. The summed E-state index contributed by atoms with van der Waals surface area (Å²) in [4.78, 5) is 15.2. The minimum atomic E-state index is -0.206. The number of carbonyl (C=O) groups excluding carboxylic acids is 1. The van der Waals surface area contributed by atoms with Crippen molar-refractivity contribution in [2.45, 2.75) is 20.3 Å². The van der Waals surface area contributed by atoms with E-state index >= 15 is 0 Å². The normalized spacial score (nSPS) is 10.5. The van der Waals surface area contributed by atoms with Crippen molar-refractivity contribution in [1.29, 1.82) is 0 Å². The Balaban J connectivity index is 2.52. The zero-order valence-electron chi connectivity index (χ0n) is 9.06. The van der Waals surface area contributed by atoms with Crippen molar-refractivity contribution < 1.29 is 9.53 Å². The lowest BCUT2D eigenvalue weighted by molar-refractivity contribution is -0.142. The van der Waals surface area contributed by atoms with Crippen LogP contribution in [0.15, 0.2) is 24.4 Å².